The highest BCUT2D eigenvalue weighted by Gasteiger charge is 2.24. The van der Waals surface area contributed by atoms with E-state index >= 15 is 0 Å². The number of aryl methyl sites for hydroxylation is 1. The Bertz CT molecular complexity index is 1420. The van der Waals surface area contributed by atoms with Crippen LogP contribution >= 0.6 is 11.3 Å². The lowest BCUT2D eigenvalue weighted by molar-refractivity contribution is -0.117. The Morgan fingerprint density at radius 3 is 2.70 bits per heavy atom. The Labute approximate surface area is 217 Å². The van der Waals surface area contributed by atoms with Crippen molar-refractivity contribution in [3.05, 3.63) is 47.8 Å². The quantitative estimate of drug-likeness (QED) is 0.363. The number of carbonyl (C=O) groups is 2. The molecule has 196 valence electrons. The first-order chi connectivity index (χ1) is 17.7. The molecule has 1 fully saturated rings. The van der Waals surface area contributed by atoms with Gasteiger partial charge in [-0.25, -0.2) is 23.2 Å². The van der Waals surface area contributed by atoms with Crippen molar-refractivity contribution in [2.45, 2.75) is 31.1 Å². The lowest BCUT2D eigenvalue weighted by Crippen LogP contribution is -2.22. The molecule has 3 aromatic rings. The summed E-state index contributed by atoms with van der Waals surface area (Å²) in [5.41, 5.74) is 1.09. The maximum atomic E-state index is 13.2. The van der Waals surface area contributed by atoms with E-state index in [-0.39, 0.29) is 33.9 Å². The average Bonchev–Trinajstić information content (AvgIpc) is 3.23. The van der Waals surface area contributed by atoms with Crippen LogP contribution in [0.1, 0.15) is 35.3 Å². The van der Waals surface area contributed by atoms with Gasteiger partial charge in [0, 0.05) is 37.1 Å². The summed E-state index contributed by atoms with van der Waals surface area (Å²) >= 11 is 1.22. The topological polar surface area (TPSA) is 157 Å². The van der Waals surface area contributed by atoms with Gasteiger partial charge in [-0.15, -0.1) is 0 Å². The first kappa shape index (κ1) is 26.5. The third-order valence-electron chi connectivity index (χ3n) is 5.78. The molecule has 0 aliphatic carbocycles. The molecule has 0 bridgehead atoms. The average molecular weight is 547 g/mol. The SMILES string of the molecule is COc1ncc(-c2sc(NC(=O)CC3CCOCC3)nc2C)cc1S(=O)(=O)Nc1cccc(C(=O)O)c1. The van der Waals surface area contributed by atoms with Gasteiger partial charge in [-0.3, -0.25) is 9.52 Å². The summed E-state index contributed by atoms with van der Waals surface area (Å²) in [6, 6.07) is 6.85. The van der Waals surface area contributed by atoms with Crippen molar-refractivity contribution < 1.29 is 32.6 Å². The molecule has 1 aromatic carbocycles. The summed E-state index contributed by atoms with van der Waals surface area (Å²) in [6.07, 6.45) is 3.55. The number of anilines is 2. The van der Waals surface area contributed by atoms with Gasteiger partial charge in [0.1, 0.15) is 4.90 Å². The second-order valence-electron chi connectivity index (χ2n) is 8.46. The highest BCUT2D eigenvalue weighted by atomic mass is 32.2. The number of aromatic carboxylic acids is 1. The number of carboxylic acids is 1. The highest BCUT2D eigenvalue weighted by molar-refractivity contribution is 7.92. The van der Waals surface area contributed by atoms with Gasteiger partial charge in [0.15, 0.2) is 5.13 Å². The standard InChI is InChI=1S/C24H26N4O7S2/c1-14-21(36-24(26-14)27-20(29)10-15-6-8-35-9-7-15)17-12-19(22(34-2)25-13-17)37(32,33)28-18-5-3-4-16(11-18)23(30)31/h3-5,11-13,15,28H,6-10H2,1-2H3,(H,30,31)(H,26,27,29). The van der Waals surface area contributed by atoms with E-state index in [1.54, 1.807) is 6.92 Å². The molecule has 3 N–H and O–H groups in total. The van der Waals surface area contributed by atoms with E-state index in [9.17, 15) is 23.1 Å². The predicted octanol–water partition coefficient (Wildman–Crippen LogP) is 3.78. The van der Waals surface area contributed by atoms with Gasteiger partial charge in [0.05, 0.1) is 23.2 Å². The molecular formula is C24H26N4O7S2. The van der Waals surface area contributed by atoms with Gasteiger partial charge in [-0.1, -0.05) is 17.4 Å². The zero-order chi connectivity index (χ0) is 26.6. The summed E-state index contributed by atoms with van der Waals surface area (Å²) in [4.78, 5) is 32.8. The number of hydrogen-bond acceptors (Lipinski definition) is 9. The number of pyridine rings is 1. The minimum atomic E-state index is -4.20. The molecular weight excluding hydrogens is 520 g/mol. The van der Waals surface area contributed by atoms with Crippen LogP contribution in [0.15, 0.2) is 41.4 Å². The first-order valence-electron chi connectivity index (χ1n) is 11.4. The zero-order valence-corrected chi connectivity index (χ0v) is 21.8. The molecule has 0 atom stereocenters. The molecule has 3 heterocycles. The van der Waals surface area contributed by atoms with Crippen LogP contribution in [0.4, 0.5) is 10.8 Å². The second kappa shape index (κ2) is 11.2. The molecule has 0 unspecified atom stereocenters. The number of rotatable bonds is 9. The Balaban J connectivity index is 1.57. The minimum absolute atomic E-state index is 0.0641. The van der Waals surface area contributed by atoms with Crippen molar-refractivity contribution in [2.24, 2.45) is 5.92 Å². The molecule has 13 heteroatoms. The lowest BCUT2D eigenvalue weighted by Gasteiger charge is -2.20. The van der Waals surface area contributed by atoms with Gasteiger partial charge in [-0.2, -0.15) is 0 Å². The van der Waals surface area contributed by atoms with Crippen LogP contribution in [0.5, 0.6) is 5.88 Å². The van der Waals surface area contributed by atoms with E-state index < -0.39 is 16.0 Å². The number of benzene rings is 1. The number of aromatic nitrogens is 2. The molecule has 4 rings (SSSR count). The summed E-state index contributed by atoms with van der Waals surface area (Å²) in [5, 5.41) is 12.4. The summed E-state index contributed by atoms with van der Waals surface area (Å²) in [5.74, 6) is -1.16. The highest BCUT2D eigenvalue weighted by Crippen LogP contribution is 2.36. The fourth-order valence-corrected chi connectivity index (χ4v) is 6.09. The number of thiazole rings is 1. The molecule has 0 radical (unpaired) electrons. The predicted molar refractivity (Wildman–Crippen MR) is 138 cm³/mol. The first-order valence-corrected chi connectivity index (χ1v) is 13.7. The summed E-state index contributed by atoms with van der Waals surface area (Å²) in [6.45, 7) is 3.08. The normalized spacial score (nSPS) is 14.2. The van der Waals surface area contributed by atoms with Crippen molar-refractivity contribution >= 4 is 44.1 Å². The Kier molecular flexibility index (Phi) is 8.05. The fraction of sp³-hybridized carbons (Fsp3) is 0.333. The number of hydrogen-bond donors (Lipinski definition) is 3. The van der Waals surface area contributed by atoms with Gasteiger partial charge in [-0.05, 0) is 49.9 Å². The van der Waals surface area contributed by atoms with E-state index in [1.165, 1.54) is 55.0 Å². The minimum Gasteiger partial charge on any atom is -0.480 e. The van der Waals surface area contributed by atoms with E-state index in [0.29, 0.717) is 40.9 Å². The van der Waals surface area contributed by atoms with Gasteiger partial charge < -0.3 is 19.9 Å². The molecule has 2 aromatic heterocycles. The number of carboxylic acid groups (broad SMARTS) is 1. The number of ether oxygens (including phenoxy) is 2. The Morgan fingerprint density at radius 1 is 1.24 bits per heavy atom. The molecule has 1 aliphatic heterocycles. The number of sulfonamides is 1. The van der Waals surface area contributed by atoms with Crippen LogP contribution < -0.4 is 14.8 Å². The Hall–Kier alpha value is -3.55. The third-order valence-corrected chi connectivity index (χ3v) is 8.28. The van der Waals surface area contributed by atoms with E-state index in [2.05, 4.69) is 20.0 Å². The number of amides is 1. The van der Waals surface area contributed by atoms with Crippen LogP contribution in [-0.2, 0) is 19.6 Å². The fourth-order valence-electron chi connectivity index (χ4n) is 3.93. The molecule has 1 aliphatic rings. The van der Waals surface area contributed by atoms with Crippen molar-refractivity contribution in [3.63, 3.8) is 0 Å². The molecule has 1 saturated heterocycles. The van der Waals surface area contributed by atoms with Crippen LogP contribution in [0.2, 0.25) is 0 Å². The van der Waals surface area contributed by atoms with Crippen LogP contribution in [-0.4, -0.2) is 55.7 Å². The van der Waals surface area contributed by atoms with Crippen molar-refractivity contribution in [3.8, 4) is 16.3 Å². The number of carbonyl (C=O) groups excluding carboxylic acids is 1. The van der Waals surface area contributed by atoms with Crippen LogP contribution in [0, 0.1) is 12.8 Å². The monoisotopic (exact) mass is 546 g/mol. The van der Waals surface area contributed by atoms with Crippen molar-refractivity contribution in [1.82, 2.24) is 9.97 Å². The van der Waals surface area contributed by atoms with Crippen molar-refractivity contribution in [2.75, 3.05) is 30.4 Å². The number of methoxy groups -OCH3 is 1. The largest absolute Gasteiger partial charge is 0.480 e. The summed E-state index contributed by atoms with van der Waals surface area (Å²) < 4.78 is 39.3. The molecule has 0 saturated carbocycles. The maximum absolute atomic E-state index is 13.2. The molecule has 11 nitrogen and oxygen atoms in total. The van der Waals surface area contributed by atoms with E-state index in [1.807, 2.05) is 0 Å². The number of nitrogens with one attached hydrogen (secondary N) is 2. The van der Waals surface area contributed by atoms with E-state index in [0.717, 1.165) is 12.8 Å². The zero-order valence-electron chi connectivity index (χ0n) is 20.2. The molecule has 1 amide bonds. The number of nitrogens with zero attached hydrogens (tertiary/aromatic N) is 2. The van der Waals surface area contributed by atoms with Gasteiger partial charge in [0.25, 0.3) is 10.0 Å². The van der Waals surface area contributed by atoms with Gasteiger partial charge >= 0.3 is 5.97 Å². The summed E-state index contributed by atoms with van der Waals surface area (Å²) in [7, 11) is -2.89. The van der Waals surface area contributed by atoms with Crippen LogP contribution in [0.25, 0.3) is 10.4 Å². The second-order valence-corrected chi connectivity index (χ2v) is 11.1. The smallest absolute Gasteiger partial charge is 0.335 e. The van der Waals surface area contributed by atoms with Crippen LogP contribution in [0.3, 0.4) is 0 Å². The Morgan fingerprint density at radius 2 is 2.00 bits per heavy atom. The molecule has 0 spiro atoms. The van der Waals surface area contributed by atoms with E-state index in [4.69, 9.17) is 9.47 Å². The lowest BCUT2D eigenvalue weighted by atomic mass is 9.96. The third kappa shape index (κ3) is 6.42. The maximum Gasteiger partial charge on any atom is 0.335 e. The van der Waals surface area contributed by atoms with Crippen molar-refractivity contribution in [1.29, 1.82) is 0 Å². The molecule has 37 heavy (non-hydrogen) atoms. The van der Waals surface area contributed by atoms with Gasteiger partial charge in [0.2, 0.25) is 11.8 Å².